The SMILES string of the molecule is CCCN(C)S(=O)(=O)c1cc(S(C)(=O)=O)ccc1C. The van der Waals surface area contributed by atoms with E-state index in [0.29, 0.717) is 18.5 Å². The molecule has 0 saturated carbocycles. The Morgan fingerprint density at radius 2 is 1.74 bits per heavy atom. The third-order valence-corrected chi connectivity index (χ3v) is 5.92. The average molecular weight is 305 g/mol. The monoisotopic (exact) mass is 305 g/mol. The molecule has 0 fully saturated rings. The molecular weight excluding hydrogens is 286 g/mol. The predicted molar refractivity (Wildman–Crippen MR) is 74.4 cm³/mol. The summed E-state index contributed by atoms with van der Waals surface area (Å²) in [6.45, 7) is 3.93. The van der Waals surface area contributed by atoms with E-state index in [1.807, 2.05) is 6.92 Å². The molecule has 0 N–H and O–H groups in total. The Morgan fingerprint density at radius 1 is 1.16 bits per heavy atom. The first kappa shape index (κ1) is 16.1. The normalized spacial score (nSPS) is 12.9. The molecule has 5 nitrogen and oxygen atoms in total. The van der Waals surface area contributed by atoms with Gasteiger partial charge < -0.3 is 0 Å². The van der Waals surface area contributed by atoms with E-state index in [1.165, 1.54) is 29.6 Å². The van der Waals surface area contributed by atoms with Gasteiger partial charge in [-0.2, -0.15) is 0 Å². The summed E-state index contributed by atoms with van der Waals surface area (Å²) in [5, 5.41) is 0. The summed E-state index contributed by atoms with van der Waals surface area (Å²) in [6.07, 6.45) is 1.75. The number of sulfonamides is 1. The highest BCUT2D eigenvalue weighted by Gasteiger charge is 2.23. The van der Waals surface area contributed by atoms with Crippen LogP contribution in [0, 0.1) is 6.92 Å². The van der Waals surface area contributed by atoms with Gasteiger partial charge in [0.25, 0.3) is 0 Å². The van der Waals surface area contributed by atoms with Crippen molar-refractivity contribution in [2.45, 2.75) is 30.1 Å². The first-order chi connectivity index (χ1) is 8.60. The van der Waals surface area contributed by atoms with E-state index < -0.39 is 19.9 Å². The maximum Gasteiger partial charge on any atom is 0.243 e. The maximum absolute atomic E-state index is 12.4. The molecule has 0 radical (unpaired) electrons. The zero-order chi connectivity index (χ0) is 14.8. The number of aryl methyl sites for hydroxylation is 1. The molecule has 0 aliphatic carbocycles. The van der Waals surface area contributed by atoms with Gasteiger partial charge in [-0.1, -0.05) is 13.0 Å². The molecule has 0 amide bonds. The largest absolute Gasteiger partial charge is 0.243 e. The lowest BCUT2D eigenvalue weighted by molar-refractivity contribution is 0.468. The van der Waals surface area contributed by atoms with Gasteiger partial charge in [-0.15, -0.1) is 0 Å². The van der Waals surface area contributed by atoms with Crippen LogP contribution in [0.2, 0.25) is 0 Å². The summed E-state index contributed by atoms with van der Waals surface area (Å²) in [4.78, 5) is 0.0629. The summed E-state index contributed by atoms with van der Waals surface area (Å²) in [5.41, 5.74) is 0.537. The minimum absolute atomic E-state index is 0.0153. The molecule has 19 heavy (non-hydrogen) atoms. The molecule has 108 valence electrons. The van der Waals surface area contributed by atoms with E-state index in [4.69, 9.17) is 0 Å². The fourth-order valence-corrected chi connectivity index (χ4v) is 3.92. The van der Waals surface area contributed by atoms with Gasteiger partial charge in [-0.3, -0.25) is 0 Å². The lowest BCUT2D eigenvalue weighted by Gasteiger charge is -2.18. The quantitative estimate of drug-likeness (QED) is 0.825. The maximum atomic E-state index is 12.4. The first-order valence-electron chi connectivity index (χ1n) is 5.87. The van der Waals surface area contributed by atoms with Crippen LogP contribution in [0.4, 0.5) is 0 Å². The lowest BCUT2D eigenvalue weighted by Crippen LogP contribution is -2.28. The molecular formula is C12H19NO4S2. The van der Waals surface area contributed by atoms with Crippen LogP contribution in [0.1, 0.15) is 18.9 Å². The van der Waals surface area contributed by atoms with Crippen molar-refractivity contribution >= 4 is 19.9 Å². The van der Waals surface area contributed by atoms with Crippen molar-refractivity contribution in [1.82, 2.24) is 4.31 Å². The number of hydrogen-bond acceptors (Lipinski definition) is 4. The molecule has 0 atom stereocenters. The summed E-state index contributed by atoms with van der Waals surface area (Å²) >= 11 is 0. The molecule has 0 aliphatic rings. The number of nitrogens with zero attached hydrogens (tertiary/aromatic N) is 1. The first-order valence-corrected chi connectivity index (χ1v) is 9.21. The highest BCUT2D eigenvalue weighted by atomic mass is 32.2. The molecule has 1 aromatic carbocycles. The molecule has 1 rings (SSSR count). The van der Waals surface area contributed by atoms with Crippen LogP contribution in [0.3, 0.4) is 0 Å². The summed E-state index contributed by atoms with van der Waals surface area (Å²) in [5.74, 6) is 0. The van der Waals surface area contributed by atoms with E-state index >= 15 is 0 Å². The van der Waals surface area contributed by atoms with Crippen LogP contribution in [0.15, 0.2) is 28.0 Å². The third kappa shape index (κ3) is 3.55. The molecule has 0 aliphatic heterocycles. The van der Waals surface area contributed by atoms with Crippen LogP contribution in [0.5, 0.6) is 0 Å². The highest BCUT2D eigenvalue weighted by molar-refractivity contribution is 7.91. The fraction of sp³-hybridized carbons (Fsp3) is 0.500. The third-order valence-electron chi connectivity index (χ3n) is 2.81. The van der Waals surface area contributed by atoms with E-state index in [9.17, 15) is 16.8 Å². The molecule has 1 aromatic rings. The van der Waals surface area contributed by atoms with Gasteiger partial charge in [-0.25, -0.2) is 21.1 Å². The Bertz CT molecular complexity index is 663. The van der Waals surface area contributed by atoms with Gasteiger partial charge >= 0.3 is 0 Å². The van der Waals surface area contributed by atoms with Crippen molar-refractivity contribution in [2.24, 2.45) is 0 Å². The summed E-state index contributed by atoms with van der Waals surface area (Å²) in [7, 11) is -5.58. The van der Waals surface area contributed by atoms with Crippen LogP contribution in [0.25, 0.3) is 0 Å². The van der Waals surface area contributed by atoms with Crippen molar-refractivity contribution in [1.29, 1.82) is 0 Å². The van der Waals surface area contributed by atoms with Gasteiger partial charge in [0.1, 0.15) is 0 Å². The number of benzene rings is 1. The number of sulfone groups is 1. The van der Waals surface area contributed by atoms with Crippen LogP contribution in [-0.4, -0.2) is 41.0 Å². The number of rotatable bonds is 5. The Hall–Kier alpha value is -0.920. The predicted octanol–water partition coefficient (Wildman–Crippen LogP) is 1.43. The zero-order valence-corrected chi connectivity index (χ0v) is 13.2. The topological polar surface area (TPSA) is 71.5 Å². The van der Waals surface area contributed by atoms with Gasteiger partial charge in [0.2, 0.25) is 10.0 Å². The van der Waals surface area contributed by atoms with Crippen molar-refractivity contribution in [2.75, 3.05) is 19.8 Å². The Kier molecular flexibility index (Phi) is 4.76. The van der Waals surface area contributed by atoms with E-state index in [1.54, 1.807) is 6.92 Å². The second kappa shape index (κ2) is 5.60. The fourth-order valence-electron chi connectivity index (χ4n) is 1.69. The average Bonchev–Trinajstić information content (AvgIpc) is 2.28. The van der Waals surface area contributed by atoms with Crippen LogP contribution >= 0.6 is 0 Å². The second-order valence-corrected chi connectivity index (χ2v) is 8.56. The zero-order valence-electron chi connectivity index (χ0n) is 11.5. The van der Waals surface area contributed by atoms with Crippen molar-refractivity contribution < 1.29 is 16.8 Å². The van der Waals surface area contributed by atoms with Crippen molar-refractivity contribution in [3.63, 3.8) is 0 Å². The van der Waals surface area contributed by atoms with E-state index in [-0.39, 0.29) is 9.79 Å². The van der Waals surface area contributed by atoms with Crippen molar-refractivity contribution in [3.8, 4) is 0 Å². The second-order valence-electron chi connectivity index (χ2n) is 4.53. The Labute approximate surface area is 115 Å². The van der Waals surface area contributed by atoms with E-state index in [2.05, 4.69) is 0 Å². The van der Waals surface area contributed by atoms with E-state index in [0.717, 1.165) is 6.26 Å². The minimum atomic E-state index is -3.65. The molecule has 0 unspecified atom stereocenters. The van der Waals surface area contributed by atoms with Gasteiger partial charge in [0.05, 0.1) is 9.79 Å². The van der Waals surface area contributed by atoms with Crippen molar-refractivity contribution in [3.05, 3.63) is 23.8 Å². The van der Waals surface area contributed by atoms with Crippen LogP contribution < -0.4 is 0 Å². The Morgan fingerprint density at radius 3 is 2.21 bits per heavy atom. The molecule has 0 bridgehead atoms. The minimum Gasteiger partial charge on any atom is -0.224 e. The molecule has 0 aromatic heterocycles. The highest BCUT2D eigenvalue weighted by Crippen LogP contribution is 2.22. The lowest BCUT2D eigenvalue weighted by atomic mass is 10.2. The van der Waals surface area contributed by atoms with Gasteiger partial charge in [0.15, 0.2) is 9.84 Å². The number of hydrogen-bond donors (Lipinski definition) is 0. The Balaban J connectivity index is 3.43. The molecule has 7 heteroatoms. The molecule has 0 heterocycles. The summed E-state index contributed by atoms with van der Waals surface area (Å²) < 4.78 is 49.0. The summed E-state index contributed by atoms with van der Waals surface area (Å²) in [6, 6.07) is 4.17. The standard InChI is InChI=1S/C12H19NO4S2/c1-5-8-13(3)19(16,17)12-9-11(18(4,14)15)7-6-10(12)2/h6-7,9H,5,8H2,1-4H3. The van der Waals surface area contributed by atoms with Gasteiger partial charge in [-0.05, 0) is 31.0 Å². The van der Waals surface area contributed by atoms with Crippen LogP contribution in [-0.2, 0) is 19.9 Å². The molecule has 0 spiro atoms. The smallest absolute Gasteiger partial charge is 0.224 e. The van der Waals surface area contributed by atoms with Gasteiger partial charge in [0, 0.05) is 19.8 Å². The molecule has 0 saturated heterocycles.